The van der Waals surface area contributed by atoms with Crippen LogP contribution in [0.25, 0.3) is 66.1 Å². The molecule has 0 N–H and O–H groups in total. The minimum absolute atomic E-state index is 0.0544. The van der Waals surface area contributed by atoms with Crippen LogP contribution >= 0.6 is 0 Å². The van der Waals surface area contributed by atoms with E-state index in [2.05, 4.69) is 181 Å². The molecule has 0 saturated heterocycles. The molecule has 0 unspecified atom stereocenters. The van der Waals surface area contributed by atoms with Gasteiger partial charge in [0.1, 0.15) is 22.3 Å². The molecule has 9 aromatic rings. The third-order valence-corrected chi connectivity index (χ3v) is 12.8. The number of furan rings is 2. The highest BCUT2D eigenvalue weighted by molar-refractivity contribution is 6.09. The standard InChI is InChI=1S/C52H43NO2/c1-50(2,3)30-16-23-47-40(24-30)41-28-39-36-21-18-32(26-44(36)52(6,7)45(39)29-49(41)55-47)53(33-19-22-38-37-13-9-11-15-46(37)54-48(38)27-33)31-17-20-35-34-12-8-10-14-42(34)51(4,5)43(35)25-31/h8-29H,1-7H3. The first-order valence-electron chi connectivity index (χ1n) is 19.5. The summed E-state index contributed by atoms with van der Waals surface area (Å²) in [4.78, 5) is 2.42. The number of nitrogens with zero attached hydrogens (tertiary/aromatic N) is 1. The normalized spacial score (nSPS) is 15.1. The Kier molecular flexibility index (Phi) is 6.35. The van der Waals surface area contributed by atoms with Crippen molar-refractivity contribution in [3.8, 4) is 22.3 Å². The molecule has 11 rings (SSSR count). The fourth-order valence-electron chi connectivity index (χ4n) is 9.73. The first-order chi connectivity index (χ1) is 26.4. The van der Waals surface area contributed by atoms with Crippen molar-refractivity contribution in [2.75, 3.05) is 4.90 Å². The molecule has 0 atom stereocenters. The van der Waals surface area contributed by atoms with Crippen molar-refractivity contribution in [1.82, 2.24) is 0 Å². The van der Waals surface area contributed by atoms with Gasteiger partial charge < -0.3 is 13.7 Å². The molecule has 268 valence electrons. The summed E-state index contributed by atoms with van der Waals surface area (Å²) >= 11 is 0. The van der Waals surface area contributed by atoms with Crippen LogP contribution < -0.4 is 4.90 Å². The number of rotatable bonds is 3. The third-order valence-electron chi connectivity index (χ3n) is 12.8. The Morgan fingerprint density at radius 3 is 1.67 bits per heavy atom. The molecular formula is C52H43NO2. The van der Waals surface area contributed by atoms with Crippen molar-refractivity contribution in [3.05, 3.63) is 161 Å². The van der Waals surface area contributed by atoms with E-state index in [1.54, 1.807) is 0 Å². The summed E-state index contributed by atoms with van der Waals surface area (Å²) < 4.78 is 13.0. The van der Waals surface area contributed by atoms with Crippen molar-refractivity contribution >= 4 is 60.9 Å². The maximum Gasteiger partial charge on any atom is 0.137 e. The Balaban J connectivity index is 1.10. The first kappa shape index (κ1) is 32.4. The molecule has 2 aliphatic rings. The molecule has 0 saturated carbocycles. The van der Waals surface area contributed by atoms with E-state index in [9.17, 15) is 0 Å². The number of benzene rings is 7. The number of hydrogen-bond acceptors (Lipinski definition) is 3. The summed E-state index contributed by atoms with van der Waals surface area (Å²) in [5, 5.41) is 4.62. The lowest BCUT2D eigenvalue weighted by Crippen LogP contribution is -2.18. The van der Waals surface area contributed by atoms with Crippen LogP contribution in [0.15, 0.2) is 142 Å². The predicted molar refractivity (Wildman–Crippen MR) is 230 cm³/mol. The molecule has 0 aliphatic heterocycles. The lowest BCUT2D eigenvalue weighted by atomic mass is 9.82. The molecule has 55 heavy (non-hydrogen) atoms. The second-order valence-electron chi connectivity index (χ2n) is 17.8. The van der Waals surface area contributed by atoms with Crippen LogP contribution in [0.3, 0.4) is 0 Å². The van der Waals surface area contributed by atoms with Crippen LogP contribution in [0.1, 0.15) is 76.3 Å². The monoisotopic (exact) mass is 713 g/mol. The van der Waals surface area contributed by atoms with Crippen LogP contribution in [0.4, 0.5) is 17.1 Å². The fraction of sp³-hybridized carbons (Fsp3) is 0.192. The quantitative estimate of drug-likeness (QED) is 0.183. The average Bonchev–Trinajstić information content (AvgIpc) is 3.86. The van der Waals surface area contributed by atoms with E-state index in [-0.39, 0.29) is 16.2 Å². The zero-order chi connectivity index (χ0) is 37.6. The molecule has 0 spiro atoms. The van der Waals surface area contributed by atoms with Gasteiger partial charge in [0.05, 0.1) is 0 Å². The van der Waals surface area contributed by atoms with Gasteiger partial charge in [-0.15, -0.1) is 0 Å². The highest BCUT2D eigenvalue weighted by Crippen LogP contribution is 2.54. The molecule has 0 amide bonds. The van der Waals surface area contributed by atoms with Gasteiger partial charge in [-0.05, 0) is 122 Å². The van der Waals surface area contributed by atoms with Gasteiger partial charge in [0.15, 0.2) is 0 Å². The number of anilines is 3. The van der Waals surface area contributed by atoms with Crippen molar-refractivity contribution in [2.24, 2.45) is 0 Å². The largest absolute Gasteiger partial charge is 0.456 e. The molecular weight excluding hydrogens is 671 g/mol. The lowest BCUT2D eigenvalue weighted by molar-refractivity contribution is 0.590. The van der Waals surface area contributed by atoms with Gasteiger partial charge in [0, 0.05) is 55.5 Å². The Hall–Kier alpha value is -6.06. The minimum Gasteiger partial charge on any atom is -0.456 e. The van der Waals surface area contributed by atoms with E-state index in [4.69, 9.17) is 8.83 Å². The molecule has 3 nitrogen and oxygen atoms in total. The number of para-hydroxylation sites is 1. The molecule has 7 aromatic carbocycles. The van der Waals surface area contributed by atoms with Gasteiger partial charge in [-0.25, -0.2) is 0 Å². The number of hydrogen-bond donors (Lipinski definition) is 0. The Labute approximate surface area is 321 Å². The van der Waals surface area contributed by atoms with E-state index in [0.717, 1.165) is 50.2 Å². The minimum atomic E-state index is -0.236. The SMILES string of the molecule is CC(C)(C)c1ccc2oc3cc4c(cc3c2c1)-c1ccc(N(c2ccc3c(c2)C(C)(C)c2ccccc2-3)c2ccc3c(c2)oc2ccccc23)cc1C4(C)C. The third kappa shape index (κ3) is 4.50. The van der Waals surface area contributed by atoms with Crippen molar-refractivity contribution < 1.29 is 8.83 Å². The molecule has 2 aliphatic carbocycles. The maximum absolute atomic E-state index is 6.53. The van der Waals surface area contributed by atoms with Gasteiger partial charge in [-0.3, -0.25) is 0 Å². The molecule has 0 fully saturated rings. The van der Waals surface area contributed by atoms with Gasteiger partial charge >= 0.3 is 0 Å². The summed E-state index contributed by atoms with van der Waals surface area (Å²) in [6.45, 7) is 16.2. The summed E-state index contributed by atoms with van der Waals surface area (Å²) in [5.41, 5.74) is 18.6. The molecule has 2 aromatic heterocycles. The second-order valence-corrected chi connectivity index (χ2v) is 17.8. The molecule has 0 bridgehead atoms. The molecule has 3 heteroatoms. The predicted octanol–water partition coefficient (Wildman–Crippen LogP) is 14.9. The van der Waals surface area contributed by atoms with E-state index in [1.807, 2.05) is 6.07 Å². The lowest BCUT2D eigenvalue weighted by Gasteiger charge is -2.29. The Morgan fingerprint density at radius 1 is 0.400 bits per heavy atom. The second kappa shape index (κ2) is 10.8. The van der Waals surface area contributed by atoms with Crippen molar-refractivity contribution in [3.63, 3.8) is 0 Å². The highest BCUT2D eigenvalue weighted by Gasteiger charge is 2.38. The van der Waals surface area contributed by atoms with E-state index < -0.39 is 0 Å². The summed E-state index contributed by atoms with van der Waals surface area (Å²) in [7, 11) is 0. The highest BCUT2D eigenvalue weighted by atomic mass is 16.3. The average molecular weight is 714 g/mol. The van der Waals surface area contributed by atoms with Crippen LogP contribution in [-0.2, 0) is 16.2 Å². The van der Waals surface area contributed by atoms with Crippen LogP contribution in [0, 0.1) is 0 Å². The Morgan fingerprint density at radius 2 is 0.927 bits per heavy atom. The topological polar surface area (TPSA) is 29.5 Å². The molecule has 0 radical (unpaired) electrons. The van der Waals surface area contributed by atoms with Gasteiger partial charge in [0.25, 0.3) is 0 Å². The van der Waals surface area contributed by atoms with Crippen molar-refractivity contribution in [1.29, 1.82) is 0 Å². The fourth-order valence-corrected chi connectivity index (χ4v) is 9.73. The Bertz CT molecular complexity index is 3090. The summed E-state index contributed by atoms with van der Waals surface area (Å²) in [6.07, 6.45) is 0. The zero-order valence-electron chi connectivity index (χ0n) is 32.5. The van der Waals surface area contributed by atoms with Crippen LogP contribution in [-0.4, -0.2) is 0 Å². The van der Waals surface area contributed by atoms with Gasteiger partial charge in [-0.2, -0.15) is 0 Å². The molecule has 2 heterocycles. The summed E-state index contributed by atoms with van der Waals surface area (Å²) in [6, 6.07) is 49.3. The van der Waals surface area contributed by atoms with E-state index in [0.29, 0.717) is 0 Å². The smallest absolute Gasteiger partial charge is 0.137 e. The van der Waals surface area contributed by atoms with E-state index >= 15 is 0 Å². The zero-order valence-corrected chi connectivity index (χ0v) is 32.5. The maximum atomic E-state index is 6.53. The van der Waals surface area contributed by atoms with E-state index in [1.165, 1.54) is 60.8 Å². The van der Waals surface area contributed by atoms with Crippen LogP contribution in [0.5, 0.6) is 0 Å². The number of fused-ring (bicyclic) bond motifs is 12. The summed E-state index contributed by atoms with van der Waals surface area (Å²) in [5.74, 6) is 0. The van der Waals surface area contributed by atoms with Crippen LogP contribution in [0.2, 0.25) is 0 Å². The van der Waals surface area contributed by atoms with Gasteiger partial charge in [-0.1, -0.05) is 109 Å². The van der Waals surface area contributed by atoms with Crippen molar-refractivity contribution in [2.45, 2.75) is 64.7 Å². The first-order valence-corrected chi connectivity index (χ1v) is 19.5. The van der Waals surface area contributed by atoms with Gasteiger partial charge in [0.2, 0.25) is 0 Å².